The summed E-state index contributed by atoms with van der Waals surface area (Å²) in [7, 11) is 1.54. The molecular weight excluding hydrogens is 170 g/mol. The van der Waals surface area contributed by atoms with Crippen molar-refractivity contribution in [2.75, 3.05) is 13.9 Å². The number of methoxy groups -OCH3 is 1. The van der Waals surface area contributed by atoms with Crippen LogP contribution in [0.3, 0.4) is 0 Å². The highest BCUT2D eigenvalue weighted by Gasteiger charge is 1.93. The first-order valence-electron chi connectivity index (χ1n) is 3.63. The molecule has 0 bridgehead atoms. The Morgan fingerprint density at radius 1 is 1.54 bits per heavy atom. The summed E-state index contributed by atoms with van der Waals surface area (Å²) < 4.78 is 9.86. The predicted molar refractivity (Wildman–Crippen MR) is 47.8 cm³/mol. The number of nitrogens with zero attached hydrogens (tertiary/aromatic N) is 3. The van der Waals surface area contributed by atoms with Gasteiger partial charge in [0.25, 0.3) is 0 Å². The van der Waals surface area contributed by atoms with Gasteiger partial charge in [0, 0.05) is 17.7 Å². The normalized spacial score (nSPS) is 9.00. The third-order valence-corrected chi connectivity index (χ3v) is 1.32. The van der Waals surface area contributed by atoms with Crippen LogP contribution in [0.15, 0.2) is 29.4 Å². The molecule has 0 heterocycles. The average molecular weight is 179 g/mol. The lowest BCUT2D eigenvalue weighted by Crippen LogP contribution is -1.97. The van der Waals surface area contributed by atoms with Crippen molar-refractivity contribution in [2.24, 2.45) is 5.11 Å². The molecule has 0 aliphatic carbocycles. The predicted octanol–water partition coefficient (Wildman–Crippen LogP) is 2.61. The van der Waals surface area contributed by atoms with Gasteiger partial charge in [0.1, 0.15) is 5.75 Å². The second kappa shape index (κ2) is 5.03. The molecule has 5 heteroatoms. The quantitative estimate of drug-likeness (QED) is 0.308. The van der Waals surface area contributed by atoms with E-state index in [1.165, 1.54) is 7.11 Å². The van der Waals surface area contributed by atoms with Crippen LogP contribution in [0.2, 0.25) is 0 Å². The number of hydrogen-bond donors (Lipinski definition) is 0. The molecule has 0 fully saturated rings. The lowest BCUT2D eigenvalue weighted by Gasteiger charge is -2.03. The van der Waals surface area contributed by atoms with Crippen molar-refractivity contribution in [3.8, 4) is 5.75 Å². The molecule has 0 N–H and O–H groups in total. The molecule has 0 aromatic heterocycles. The van der Waals surface area contributed by atoms with E-state index >= 15 is 0 Å². The maximum absolute atomic E-state index is 8.18. The summed E-state index contributed by atoms with van der Waals surface area (Å²) in [5.41, 5.74) is 8.70. The van der Waals surface area contributed by atoms with Crippen molar-refractivity contribution < 1.29 is 9.47 Å². The van der Waals surface area contributed by atoms with Crippen LogP contribution >= 0.6 is 0 Å². The lowest BCUT2D eigenvalue weighted by atomic mass is 10.3. The summed E-state index contributed by atoms with van der Waals surface area (Å²) in [6, 6.07) is 6.84. The molecule has 0 saturated heterocycles. The Balaban J connectivity index is 2.73. The first kappa shape index (κ1) is 9.38. The maximum atomic E-state index is 8.18. The smallest absolute Gasteiger partial charge is 0.188 e. The molecule has 0 radical (unpaired) electrons. The summed E-state index contributed by atoms with van der Waals surface area (Å²) in [6.45, 7) is 0.180. The summed E-state index contributed by atoms with van der Waals surface area (Å²) in [5, 5.41) is 3.44. The zero-order valence-electron chi connectivity index (χ0n) is 7.17. The van der Waals surface area contributed by atoms with E-state index in [1.807, 2.05) is 0 Å². The molecule has 0 amide bonds. The van der Waals surface area contributed by atoms with E-state index in [9.17, 15) is 0 Å². The zero-order chi connectivity index (χ0) is 9.52. The van der Waals surface area contributed by atoms with Crippen molar-refractivity contribution in [2.45, 2.75) is 0 Å². The second-order valence-corrected chi connectivity index (χ2v) is 2.24. The van der Waals surface area contributed by atoms with Crippen LogP contribution in [0.5, 0.6) is 5.75 Å². The fourth-order valence-corrected chi connectivity index (χ4v) is 0.814. The highest BCUT2D eigenvalue weighted by Crippen LogP contribution is 2.19. The minimum absolute atomic E-state index is 0.180. The molecule has 0 atom stereocenters. The van der Waals surface area contributed by atoms with Crippen molar-refractivity contribution in [1.82, 2.24) is 0 Å². The summed E-state index contributed by atoms with van der Waals surface area (Å²) in [6.07, 6.45) is 0. The van der Waals surface area contributed by atoms with Crippen LogP contribution in [0.1, 0.15) is 0 Å². The van der Waals surface area contributed by atoms with Gasteiger partial charge in [0.05, 0.1) is 0 Å². The van der Waals surface area contributed by atoms with Crippen molar-refractivity contribution >= 4 is 5.69 Å². The van der Waals surface area contributed by atoms with E-state index in [-0.39, 0.29) is 6.79 Å². The zero-order valence-corrected chi connectivity index (χ0v) is 7.17. The van der Waals surface area contributed by atoms with Gasteiger partial charge in [-0.05, 0) is 17.7 Å². The molecule has 0 unspecified atom stereocenters. The molecule has 5 nitrogen and oxygen atoms in total. The summed E-state index contributed by atoms with van der Waals surface area (Å²) >= 11 is 0. The van der Waals surface area contributed by atoms with Crippen LogP contribution in [-0.2, 0) is 4.74 Å². The Morgan fingerprint density at radius 2 is 2.38 bits per heavy atom. The van der Waals surface area contributed by atoms with Crippen LogP contribution in [0, 0.1) is 0 Å². The molecular formula is C8H9N3O2. The Labute approximate surface area is 75.5 Å². The monoisotopic (exact) mass is 179 g/mol. The number of azide groups is 1. The largest absolute Gasteiger partial charge is 0.468 e. The Hall–Kier alpha value is -1.71. The molecule has 0 saturated carbocycles. The van der Waals surface area contributed by atoms with E-state index in [0.717, 1.165) is 0 Å². The molecule has 1 rings (SSSR count). The Bertz CT molecular complexity index is 321. The molecule has 1 aromatic rings. The van der Waals surface area contributed by atoms with Gasteiger partial charge in [0.2, 0.25) is 0 Å². The van der Waals surface area contributed by atoms with E-state index < -0.39 is 0 Å². The minimum atomic E-state index is 0.180. The van der Waals surface area contributed by atoms with Gasteiger partial charge < -0.3 is 9.47 Å². The fraction of sp³-hybridized carbons (Fsp3) is 0.250. The number of ether oxygens (including phenoxy) is 2. The molecule has 13 heavy (non-hydrogen) atoms. The average Bonchev–Trinajstić information content (AvgIpc) is 2.16. The van der Waals surface area contributed by atoms with Gasteiger partial charge in [-0.3, -0.25) is 0 Å². The third-order valence-electron chi connectivity index (χ3n) is 1.32. The molecule has 68 valence electrons. The summed E-state index contributed by atoms with van der Waals surface area (Å²) in [4.78, 5) is 2.67. The van der Waals surface area contributed by atoms with Crippen LogP contribution in [-0.4, -0.2) is 13.9 Å². The maximum Gasteiger partial charge on any atom is 0.188 e. The second-order valence-electron chi connectivity index (χ2n) is 2.24. The van der Waals surface area contributed by atoms with Gasteiger partial charge in [-0.15, -0.1) is 0 Å². The topological polar surface area (TPSA) is 67.2 Å². The van der Waals surface area contributed by atoms with Gasteiger partial charge in [-0.25, -0.2) is 0 Å². The summed E-state index contributed by atoms with van der Waals surface area (Å²) in [5.74, 6) is 0.617. The van der Waals surface area contributed by atoms with Gasteiger partial charge in [0.15, 0.2) is 6.79 Å². The fourth-order valence-electron chi connectivity index (χ4n) is 0.814. The first-order valence-corrected chi connectivity index (χ1v) is 3.63. The Kier molecular flexibility index (Phi) is 3.63. The van der Waals surface area contributed by atoms with Gasteiger partial charge in [-0.2, -0.15) is 0 Å². The lowest BCUT2D eigenvalue weighted by molar-refractivity contribution is 0.0512. The van der Waals surface area contributed by atoms with Gasteiger partial charge in [-0.1, -0.05) is 17.2 Å². The number of hydrogen-bond acceptors (Lipinski definition) is 3. The number of benzene rings is 1. The highest BCUT2D eigenvalue weighted by atomic mass is 16.7. The van der Waals surface area contributed by atoms with Crippen molar-refractivity contribution in [1.29, 1.82) is 0 Å². The van der Waals surface area contributed by atoms with E-state index in [1.54, 1.807) is 24.3 Å². The van der Waals surface area contributed by atoms with Crippen LogP contribution in [0.4, 0.5) is 5.69 Å². The molecule has 0 aliphatic rings. The third kappa shape index (κ3) is 3.02. The standard InChI is InChI=1S/C8H9N3O2/c1-12-6-13-8-4-2-3-7(5-8)10-11-9/h2-5H,6H2,1H3. The Morgan fingerprint density at radius 3 is 3.08 bits per heavy atom. The molecule has 0 aliphatic heterocycles. The van der Waals surface area contributed by atoms with E-state index in [4.69, 9.17) is 15.0 Å². The van der Waals surface area contributed by atoms with Crippen LogP contribution < -0.4 is 4.74 Å². The van der Waals surface area contributed by atoms with Crippen molar-refractivity contribution in [3.63, 3.8) is 0 Å². The molecule has 0 spiro atoms. The minimum Gasteiger partial charge on any atom is -0.468 e. The van der Waals surface area contributed by atoms with Crippen LogP contribution in [0.25, 0.3) is 10.4 Å². The molecule has 1 aromatic carbocycles. The van der Waals surface area contributed by atoms with E-state index in [0.29, 0.717) is 11.4 Å². The SMILES string of the molecule is COCOc1cccc(N=[N+]=[N-])c1. The van der Waals surface area contributed by atoms with Crippen molar-refractivity contribution in [3.05, 3.63) is 34.7 Å². The number of rotatable bonds is 4. The van der Waals surface area contributed by atoms with Gasteiger partial charge >= 0.3 is 0 Å². The first-order chi connectivity index (χ1) is 6.36. The van der Waals surface area contributed by atoms with E-state index in [2.05, 4.69) is 10.0 Å². The highest BCUT2D eigenvalue weighted by molar-refractivity contribution is 5.42.